The second kappa shape index (κ2) is 9.33. The molecular formula is C23H26N2O3. The van der Waals surface area contributed by atoms with Gasteiger partial charge in [-0.2, -0.15) is 0 Å². The maximum atomic E-state index is 12.5. The van der Waals surface area contributed by atoms with Gasteiger partial charge in [0.2, 0.25) is 0 Å². The van der Waals surface area contributed by atoms with Crippen LogP contribution >= 0.6 is 0 Å². The molecule has 5 heteroatoms. The number of aryl methyl sites for hydroxylation is 1. The topological polar surface area (TPSA) is 55.6 Å². The first kappa shape index (κ1) is 19.8. The molecule has 1 heterocycles. The van der Waals surface area contributed by atoms with Crippen molar-refractivity contribution in [3.05, 3.63) is 88.8 Å². The van der Waals surface area contributed by atoms with Gasteiger partial charge in [0, 0.05) is 13.1 Å². The van der Waals surface area contributed by atoms with Gasteiger partial charge in [0.15, 0.2) is 5.76 Å². The summed E-state index contributed by atoms with van der Waals surface area (Å²) < 4.78 is 10.8. The Kier molecular flexibility index (Phi) is 6.61. The van der Waals surface area contributed by atoms with E-state index in [1.165, 1.54) is 11.1 Å². The molecule has 1 atom stereocenters. The summed E-state index contributed by atoms with van der Waals surface area (Å²) in [5, 5.41) is 4.03. The number of aromatic nitrogens is 1. The third kappa shape index (κ3) is 4.67. The van der Waals surface area contributed by atoms with E-state index in [0.29, 0.717) is 23.6 Å². The zero-order valence-electron chi connectivity index (χ0n) is 16.6. The van der Waals surface area contributed by atoms with E-state index < -0.39 is 0 Å². The molecule has 0 N–H and O–H groups in total. The number of rotatable bonds is 8. The van der Waals surface area contributed by atoms with E-state index in [9.17, 15) is 4.79 Å². The molecule has 0 bridgehead atoms. The molecule has 1 unspecified atom stereocenters. The molecule has 1 aromatic heterocycles. The van der Waals surface area contributed by atoms with Crippen molar-refractivity contribution in [2.24, 2.45) is 0 Å². The summed E-state index contributed by atoms with van der Waals surface area (Å²) in [5.41, 5.74) is 3.37. The van der Waals surface area contributed by atoms with Crippen molar-refractivity contribution in [3.63, 3.8) is 0 Å². The van der Waals surface area contributed by atoms with Crippen molar-refractivity contribution in [1.82, 2.24) is 10.1 Å². The average molecular weight is 378 g/mol. The number of carbonyl (C=O) groups excluding carboxylic acids is 1. The second-order valence-corrected chi connectivity index (χ2v) is 6.78. The van der Waals surface area contributed by atoms with Crippen molar-refractivity contribution in [1.29, 1.82) is 0 Å². The van der Waals surface area contributed by atoms with Gasteiger partial charge in [-0.05, 0) is 31.9 Å². The summed E-state index contributed by atoms with van der Waals surface area (Å²) in [6.45, 7) is 7.35. The van der Waals surface area contributed by atoms with Crippen LogP contribution in [-0.2, 0) is 17.8 Å². The van der Waals surface area contributed by atoms with Crippen molar-refractivity contribution < 1.29 is 14.1 Å². The normalized spacial score (nSPS) is 12.1. The smallest absolute Gasteiger partial charge is 0.343 e. The van der Waals surface area contributed by atoms with Crippen molar-refractivity contribution in [3.8, 4) is 0 Å². The fraction of sp³-hybridized carbons (Fsp3) is 0.304. The van der Waals surface area contributed by atoms with Gasteiger partial charge in [-0.1, -0.05) is 65.8 Å². The van der Waals surface area contributed by atoms with E-state index in [1.807, 2.05) is 43.3 Å². The minimum Gasteiger partial charge on any atom is -0.462 e. The number of hydrogen-bond donors (Lipinski definition) is 0. The standard InChI is InChI=1S/C23H26N2O3/c1-4-27-23(26)21-17(2)24-28-22(21)18(3)25(15-19-11-7-5-8-12-19)16-20-13-9-6-10-14-20/h5-14,18H,4,15-16H2,1-3H3. The molecule has 0 saturated heterocycles. The third-order valence-corrected chi connectivity index (χ3v) is 4.75. The van der Waals surface area contributed by atoms with Gasteiger partial charge in [0.05, 0.1) is 18.3 Å². The Hall–Kier alpha value is -2.92. The largest absolute Gasteiger partial charge is 0.462 e. The molecule has 0 fully saturated rings. The Bertz CT molecular complexity index is 849. The van der Waals surface area contributed by atoms with E-state index in [0.717, 1.165) is 13.1 Å². The zero-order valence-corrected chi connectivity index (χ0v) is 16.6. The van der Waals surface area contributed by atoms with Crippen LogP contribution in [0.3, 0.4) is 0 Å². The van der Waals surface area contributed by atoms with Gasteiger partial charge in [0.1, 0.15) is 5.56 Å². The summed E-state index contributed by atoms with van der Waals surface area (Å²) in [4.78, 5) is 14.7. The molecule has 5 nitrogen and oxygen atoms in total. The van der Waals surface area contributed by atoms with Crippen molar-refractivity contribution in [2.75, 3.05) is 6.61 Å². The Balaban J connectivity index is 1.92. The second-order valence-electron chi connectivity index (χ2n) is 6.78. The quantitative estimate of drug-likeness (QED) is 0.521. The summed E-state index contributed by atoms with van der Waals surface area (Å²) in [6.07, 6.45) is 0. The molecule has 0 aliphatic rings. The molecule has 3 aromatic rings. The van der Waals surface area contributed by atoms with Gasteiger partial charge in [0.25, 0.3) is 0 Å². The molecule has 2 aromatic carbocycles. The number of hydrogen-bond acceptors (Lipinski definition) is 5. The minimum atomic E-state index is -0.387. The molecule has 146 valence electrons. The fourth-order valence-corrected chi connectivity index (χ4v) is 3.26. The van der Waals surface area contributed by atoms with Crippen LogP contribution in [0.15, 0.2) is 65.2 Å². The maximum absolute atomic E-state index is 12.5. The maximum Gasteiger partial charge on any atom is 0.343 e. The number of nitrogens with zero attached hydrogens (tertiary/aromatic N) is 2. The predicted molar refractivity (Wildman–Crippen MR) is 108 cm³/mol. The average Bonchev–Trinajstić information content (AvgIpc) is 3.10. The first-order valence-corrected chi connectivity index (χ1v) is 9.55. The Morgan fingerprint density at radius 3 is 2.07 bits per heavy atom. The first-order chi connectivity index (χ1) is 13.6. The lowest BCUT2D eigenvalue weighted by Crippen LogP contribution is -2.27. The number of ether oxygens (including phenoxy) is 1. The minimum absolute atomic E-state index is 0.152. The van der Waals surface area contributed by atoms with Crippen LogP contribution in [0.2, 0.25) is 0 Å². The van der Waals surface area contributed by atoms with Gasteiger partial charge >= 0.3 is 5.97 Å². The van der Waals surface area contributed by atoms with Gasteiger partial charge < -0.3 is 9.26 Å². The molecular weight excluding hydrogens is 352 g/mol. The Morgan fingerprint density at radius 1 is 1.04 bits per heavy atom. The van der Waals surface area contributed by atoms with Crippen LogP contribution in [0.4, 0.5) is 0 Å². The lowest BCUT2D eigenvalue weighted by atomic mass is 10.1. The van der Waals surface area contributed by atoms with Crippen LogP contribution in [0, 0.1) is 6.92 Å². The Morgan fingerprint density at radius 2 is 1.57 bits per heavy atom. The van der Waals surface area contributed by atoms with Gasteiger partial charge in [-0.25, -0.2) is 4.79 Å². The number of esters is 1. The monoisotopic (exact) mass is 378 g/mol. The number of benzene rings is 2. The SMILES string of the molecule is CCOC(=O)c1c(C)noc1C(C)N(Cc1ccccc1)Cc1ccccc1. The van der Waals surface area contributed by atoms with E-state index in [1.54, 1.807) is 13.8 Å². The van der Waals surface area contributed by atoms with Crippen LogP contribution in [0.25, 0.3) is 0 Å². The van der Waals surface area contributed by atoms with Gasteiger partial charge in [-0.15, -0.1) is 0 Å². The highest BCUT2D eigenvalue weighted by Gasteiger charge is 2.29. The summed E-state index contributed by atoms with van der Waals surface area (Å²) >= 11 is 0. The number of carbonyl (C=O) groups is 1. The molecule has 3 rings (SSSR count). The fourth-order valence-electron chi connectivity index (χ4n) is 3.26. The zero-order chi connectivity index (χ0) is 19.9. The van der Waals surface area contributed by atoms with E-state index >= 15 is 0 Å². The summed E-state index contributed by atoms with van der Waals surface area (Å²) in [6, 6.07) is 20.4. The van der Waals surface area contributed by atoms with Crippen molar-refractivity contribution in [2.45, 2.75) is 39.9 Å². The van der Waals surface area contributed by atoms with Crippen LogP contribution < -0.4 is 0 Å². The molecule has 0 saturated carbocycles. The molecule has 0 aliphatic carbocycles. The molecule has 0 amide bonds. The molecule has 0 aliphatic heterocycles. The highest BCUT2D eigenvalue weighted by molar-refractivity contribution is 5.91. The van der Waals surface area contributed by atoms with Gasteiger partial charge in [-0.3, -0.25) is 4.90 Å². The van der Waals surface area contributed by atoms with E-state index in [-0.39, 0.29) is 12.0 Å². The van der Waals surface area contributed by atoms with Crippen LogP contribution in [-0.4, -0.2) is 22.6 Å². The summed E-state index contributed by atoms with van der Waals surface area (Å²) in [5.74, 6) is 0.158. The van der Waals surface area contributed by atoms with Crippen LogP contribution in [0.1, 0.15) is 52.8 Å². The molecule has 0 spiro atoms. The molecule has 28 heavy (non-hydrogen) atoms. The van der Waals surface area contributed by atoms with E-state index in [4.69, 9.17) is 9.26 Å². The molecule has 0 radical (unpaired) electrons. The predicted octanol–water partition coefficient (Wildman–Crippen LogP) is 4.92. The lowest BCUT2D eigenvalue weighted by Gasteiger charge is -2.28. The summed E-state index contributed by atoms with van der Waals surface area (Å²) in [7, 11) is 0. The lowest BCUT2D eigenvalue weighted by molar-refractivity contribution is 0.0517. The third-order valence-electron chi connectivity index (χ3n) is 4.75. The Labute approximate surface area is 165 Å². The highest BCUT2D eigenvalue weighted by atomic mass is 16.5. The first-order valence-electron chi connectivity index (χ1n) is 9.55. The highest BCUT2D eigenvalue weighted by Crippen LogP contribution is 2.29. The van der Waals surface area contributed by atoms with Crippen LogP contribution in [0.5, 0.6) is 0 Å². The van der Waals surface area contributed by atoms with Crippen molar-refractivity contribution >= 4 is 5.97 Å². The van der Waals surface area contributed by atoms with E-state index in [2.05, 4.69) is 34.3 Å².